The second kappa shape index (κ2) is 6.72. The third-order valence-electron chi connectivity index (χ3n) is 3.81. The number of aliphatic hydroxyl groups excluding tert-OH is 1. The van der Waals surface area contributed by atoms with E-state index in [1.165, 1.54) is 0 Å². The van der Waals surface area contributed by atoms with E-state index in [9.17, 15) is 9.90 Å². The van der Waals surface area contributed by atoms with Crippen molar-refractivity contribution in [3.8, 4) is 5.75 Å². The molecule has 1 aliphatic carbocycles. The zero-order valence-corrected chi connectivity index (χ0v) is 11.7. The van der Waals surface area contributed by atoms with E-state index < -0.39 is 6.10 Å². The standard InChI is InChI=1S/C15H22N2O3/c1-20-14-5-3-2-4-12(14)13(18)9-17-15(19)10-6-7-11(16)8-10/h2-5,10-11,13,18H,6-9,16H2,1H3,(H,17,19)/t10-,11-,13-/m1/s1. The molecule has 0 spiro atoms. The van der Waals surface area contributed by atoms with Crippen LogP contribution in [0.25, 0.3) is 0 Å². The third-order valence-corrected chi connectivity index (χ3v) is 3.81. The van der Waals surface area contributed by atoms with Gasteiger partial charge in [-0.15, -0.1) is 0 Å². The molecular weight excluding hydrogens is 256 g/mol. The topological polar surface area (TPSA) is 84.6 Å². The summed E-state index contributed by atoms with van der Waals surface area (Å²) in [7, 11) is 1.56. The van der Waals surface area contributed by atoms with Crippen LogP contribution in [-0.2, 0) is 4.79 Å². The summed E-state index contributed by atoms with van der Waals surface area (Å²) < 4.78 is 5.20. The van der Waals surface area contributed by atoms with Crippen LogP contribution in [0, 0.1) is 5.92 Å². The summed E-state index contributed by atoms with van der Waals surface area (Å²) in [6.45, 7) is 0.185. The van der Waals surface area contributed by atoms with Crippen LogP contribution in [0.15, 0.2) is 24.3 Å². The Hall–Kier alpha value is -1.59. The van der Waals surface area contributed by atoms with Crippen molar-refractivity contribution in [2.75, 3.05) is 13.7 Å². The van der Waals surface area contributed by atoms with Gasteiger partial charge < -0.3 is 20.9 Å². The first-order valence-corrected chi connectivity index (χ1v) is 6.96. The molecule has 110 valence electrons. The Bertz CT molecular complexity index is 464. The van der Waals surface area contributed by atoms with Crippen molar-refractivity contribution in [2.45, 2.75) is 31.4 Å². The Labute approximate surface area is 119 Å². The molecule has 0 bridgehead atoms. The van der Waals surface area contributed by atoms with Crippen LogP contribution in [-0.4, -0.2) is 30.7 Å². The second-order valence-electron chi connectivity index (χ2n) is 5.27. The number of hydrogen-bond acceptors (Lipinski definition) is 4. The molecule has 1 aliphatic rings. The highest BCUT2D eigenvalue weighted by atomic mass is 16.5. The van der Waals surface area contributed by atoms with E-state index in [0.29, 0.717) is 11.3 Å². The number of ether oxygens (including phenoxy) is 1. The Morgan fingerprint density at radius 1 is 1.50 bits per heavy atom. The Morgan fingerprint density at radius 2 is 2.25 bits per heavy atom. The molecule has 0 radical (unpaired) electrons. The van der Waals surface area contributed by atoms with Gasteiger partial charge >= 0.3 is 0 Å². The lowest BCUT2D eigenvalue weighted by molar-refractivity contribution is -0.125. The summed E-state index contributed by atoms with van der Waals surface area (Å²) in [6.07, 6.45) is 1.69. The summed E-state index contributed by atoms with van der Waals surface area (Å²) in [5.74, 6) is 0.582. The van der Waals surface area contributed by atoms with Crippen LogP contribution < -0.4 is 15.8 Å². The molecule has 1 aromatic rings. The van der Waals surface area contributed by atoms with Gasteiger partial charge in [0.05, 0.1) is 13.2 Å². The summed E-state index contributed by atoms with van der Waals surface area (Å²) in [4.78, 5) is 12.0. The number of aliphatic hydroxyl groups is 1. The molecule has 3 atom stereocenters. The van der Waals surface area contributed by atoms with Crippen molar-refractivity contribution in [1.82, 2.24) is 5.32 Å². The highest BCUT2D eigenvalue weighted by Crippen LogP contribution is 2.26. The molecule has 1 amide bonds. The summed E-state index contributed by atoms with van der Waals surface area (Å²) >= 11 is 0. The molecule has 0 unspecified atom stereocenters. The fourth-order valence-corrected chi connectivity index (χ4v) is 2.65. The second-order valence-corrected chi connectivity index (χ2v) is 5.27. The zero-order chi connectivity index (χ0) is 14.5. The quantitative estimate of drug-likeness (QED) is 0.749. The number of nitrogens with one attached hydrogen (secondary N) is 1. The maximum atomic E-state index is 12.0. The molecule has 4 N–H and O–H groups in total. The zero-order valence-electron chi connectivity index (χ0n) is 11.7. The van der Waals surface area contributed by atoms with E-state index in [1.54, 1.807) is 19.2 Å². The predicted octanol–water partition coefficient (Wildman–Crippen LogP) is 0.972. The minimum atomic E-state index is -0.773. The lowest BCUT2D eigenvalue weighted by atomic mass is 10.1. The number of carbonyl (C=O) groups excluding carboxylic acids is 1. The molecule has 0 aliphatic heterocycles. The minimum absolute atomic E-state index is 0.0186. The van der Waals surface area contributed by atoms with Crippen LogP contribution in [0.1, 0.15) is 30.9 Å². The molecular formula is C15H22N2O3. The average Bonchev–Trinajstić information content (AvgIpc) is 2.91. The van der Waals surface area contributed by atoms with E-state index in [0.717, 1.165) is 19.3 Å². The van der Waals surface area contributed by atoms with Crippen LogP contribution >= 0.6 is 0 Å². The molecule has 1 saturated carbocycles. The van der Waals surface area contributed by atoms with Gasteiger partial charge in [0.25, 0.3) is 0 Å². The van der Waals surface area contributed by atoms with Gasteiger partial charge in [-0.3, -0.25) is 4.79 Å². The molecule has 0 aromatic heterocycles. The largest absolute Gasteiger partial charge is 0.496 e. The van der Waals surface area contributed by atoms with E-state index in [4.69, 9.17) is 10.5 Å². The predicted molar refractivity (Wildman–Crippen MR) is 76.3 cm³/mol. The highest BCUT2D eigenvalue weighted by Gasteiger charge is 2.28. The molecule has 5 heteroatoms. The molecule has 1 aromatic carbocycles. The summed E-state index contributed by atoms with van der Waals surface area (Å²) in [5, 5.41) is 13.0. The number of methoxy groups -OCH3 is 1. The van der Waals surface area contributed by atoms with Gasteiger partial charge in [-0.2, -0.15) is 0 Å². The molecule has 2 rings (SSSR count). The van der Waals surface area contributed by atoms with E-state index >= 15 is 0 Å². The van der Waals surface area contributed by atoms with Gasteiger partial charge in [0.1, 0.15) is 5.75 Å². The minimum Gasteiger partial charge on any atom is -0.496 e. The van der Waals surface area contributed by atoms with Crippen molar-refractivity contribution in [3.63, 3.8) is 0 Å². The van der Waals surface area contributed by atoms with E-state index in [-0.39, 0.29) is 24.4 Å². The molecule has 0 saturated heterocycles. The van der Waals surface area contributed by atoms with Crippen molar-refractivity contribution in [3.05, 3.63) is 29.8 Å². The first-order valence-electron chi connectivity index (χ1n) is 6.96. The van der Waals surface area contributed by atoms with Crippen LogP contribution in [0.5, 0.6) is 5.75 Å². The maximum Gasteiger partial charge on any atom is 0.223 e. The Morgan fingerprint density at radius 3 is 2.90 bits per heavy atom. The number of carbonyl (C=O) groups is 1. The monoisotopic (exact) mass is 278 g/mol. The summed E-state index contributed by atoms with van der Waals surface area (Å²) in [6, 6.07) is 7.38. The normalized spacial score (nSPS) is 23.4. The third kappa shape index (κ3) is 3.49. The molecule has 0 heterocycles. The van der Waals surface area contributed by atoms with Crippen LogP contribution in [0.2, 0.25) is 0 Å². The summed E-state index contributed by atoms with van der Waals surface area (Å²) in [5.41, 5.74) is 6.48. The first-order chi connectivity index (χ1) is 9.61. The first kappa shape index (κ1) is 14.8. The lowest BCUT2D eigenvalue weighted by Gasteiger charge is -2.17. The number of rotatable bonds is 5. The maximum absolute atomic E-state index is 12.0. The average molecular weight is 278 g/mol. The van der Waals surface area contributed by atoms with Crippen molar-refractivity contribution in [2.24, 2.45) is 11.7 Å². The molecule has 20 heavy (non-hydrogen) atoms. The van der Waals surface area contributed by atoms with Crippen molar-refractivity contribution in [1.29, 1.82) is 0 Å². The van der Waals surface area contributed by atoms with Gasteiger partial charge in [0, 0.05) is 24.1 Å². The van der Waals surface area contributed by atoms with Gasteiger partial charge in [-0.05, 0) is 25.3 Å². The SMILES string of the molecule is COc1ccccc1[C@H](O)CNC(=O)[C@@H]1CC[C@@H](N)C1. The Kier molecular flexibility index (Phi) is 4.98. The number of para-hydroxylation sites is 1. The highest BCUT2D eigenvalue weighted by molar-refractivity contribution is 5.79. The van der Waals surface area contributed by atoms with E-state index in [1.807, 2.05) is 12.1 Å². The van der Waals surface area contributed by atoms with Crippen molar-refractivity contribution >= 4 is 5.91 Å². The van der Waals surface area contributed by atoms with Crippen molar-refractivity contribution < 1.29 is 14.6 Å². The fraction of sp³-hybridized carbons (Fsp3) is 0.533. The van der Waals surface area contributed by atoms with Crippen LogP contribution in [0.4, 0.5) is 0 Å². The number of nitrogens with two attached hydrogens (primary N) is 1. The number of amides is 1. The van der Waals surface area contributed by atoms with Gasteiger partial charge in [0.15, 0.2) is 0 Å². The van der Waals surface area contributed by atoms with E-state index in [2.05, 4.69) is 5.32 Å². The van der Waals surface area contributed by atoms with Gasteiger partial charge in [-0.25, -0.2) is 0 Å². The smallest absolute Gasteiger partial charge is 0.223 e. The Balaban J connectivity index is 1.88. The van der Waals surface area contributed by atoms with Gasteiger partial charge in [-0.1, -0.05) is 18.2 Å². The lowest BCUT2D eigenvalue weighted by Crippen LogP contribution is -2.33. The fourth-order valence-electron chi connectivity index (χ4n) is 2.65. The number of benzene rings is 1. The number of hydrogen-bond donors (Lipinski definition) is 3. The molecule has 5 nitrogen and oxygen atoms in total. The van der Waals surface area contributed by atoms with Gasteiger partial charge in [0.2, 0.25) is 5.91 Å². The molecule has 1 fully saturated rings. The van der Waals surface area contributed by atoms with Crippen LogP contribution in [0.3, 0.4) is 0 Å².